The van der Waals surface area contributed by atoms with Gasteiger partial charge in [0.05, 0.1) is 5.69 Å². The zero-order valence-corrected chi connectivity index (χ0v) is 11.3. The van der Waals surface area contributed by atoms with Crippen molar-refractivity contribution in [3.63, 3.8) is 0 Å². The summed E-state index contributed by atoms with van der Waals surface area (Å²) in [6.45, 7) is 5.59. The zero-order chi connectivity index (χ0) is 14.0. The highest BCUT2D eigenvalue weighted by molar-refractivity contribution is 5.97. The molecule has 4 heteroatoms. The predicted molar refractivity (Wildman–Crippen MR) is 73.5 cm³/mol. The van der Waals surface area contributed by atoms with Gasteiger partial charge < -0.3 is 0 Å². The summed E-state index contributed by atoms with van der Waals surface area (Å²) in [6.07, 6.45) is 0. The lowest BCUT2D eigenvalue weighted by atomic mass is 10.0. The van der Waals surface area contributed by atoms with E-state index in [1.165, 1.54) is 10.7 Å². The number of aryl methyl sites for hydroxylation is 3. The van der Waals surface area contributed by atoms with E-state index in [0.29, 0.717) is 11.3 Å². The van der Waals surface area contributed by atoms with E-state index < -0.39 is 0 Å². The van der Waals surface area contributed by atoms with Crippen LogP contribution < -0.4 is 5.56 Å². The maximum atomic E-state index is 12.3. The highest BCUT2D eigenvalue weighted by Gasteiger charge is 2.11. The lowest BCUT2D eigenvalue weighted by Crippen LogP contribution is -2.26. The van der Waals surface area contributed by atoms with Crippen LogP contribution in [0, 0.1) is 20.8 Å². The Kier molecular flexibility index (Phi) is 3.60. The second-order valence-corrected chi connectivity index (χ2v) is 4.71. The van der Waals surface area contributed by atoms with Gasteiger partial charge >= 0.3 is 0 Å². The van der Waals surface area contributed by atoms with E-state index in [2.05, 4.69) is 5.10 Å². The SMILES string of the molecule is Cc1ccc(C)c(C(=O)Cn2nc(C)ccc2=O)c1. The largest absolute Gasteiger partial charge is 0.292 e. The Balaban J connectivity index is 2.33. The standard InChI is InChI=1S/C15H16N2O2/c1-10-4-5-11(2)13(8-10)14(18)9-17-15(19)7-6-12(3)16-17/h4-8H,9H2,1-3H3. The van der Waals surface area contributed by atoms with Gasteiger partial charge in [-0.15, -0.1) is 0 Å². The summed E-state index contributed by atoms with van der Waals surface area (Å²) in [5.41, 5.74) is 3.04. The maximum Gasteiger partial charge on any atom is 0.267 e. The van der Waals surface area contributed by atoms with Crippen molar-refractivity contribution in [1.82, 2.24) is 9.78 Å². The van der Waals surface area contributed by atoms with E-state index in [-0.39, 0.29) is 17.9 Å². The number of carbonyl (C=O) groups excluding carboxylic acids is 1. The smallest absolute Gasteiger partial charge is 0.267 e. The van der Waals surface area contributed by atoms with Crippen molar-refractivity contribution in [2.45, 2.75) is 27.3 Å². The van der Waals surface area contributed by atoms with Crippen LogP contribution in [0.2, 0.25) is 0 Å². The lowest BCUT2D eigenvalue weighted by molar-refractivity contribution is 0.0965. The van der Waals surface area contributed by atoms with Crippen molar-refractivity contribution < 1.29 is 4.79 Å². The molecule has 19 heavy (non-hydrogen) atoms. The van der Waals surface area contributed by atoms with E-state index in [1.807, 2.05) is 32.0 Å². The second-order valence-electron chi connectivity index (χ2n) is 4.71. The number of ketones is 1. The third kappa shape index (κ3) is 2.96. The minimum absolute atomic E-state index is 0.0230. The summed E-state index contributed by atoms with van der Waals surface area (Å²) in [5.74, 6) is -0.0959. The van der Waals surface area contributed by atoms with Crippen molar-refractivity contribution in [3.05, 3.63) is 63.1 Å². The molecule has 0 fully saturated rings. The van der Waals surface area contributed by atoms with E-state index in [0.717, 1.165) is 11.1 Å². The average molecular weight is 256 g/mol. The van der Waals surface area contributed by atoms with Gasteiger partial charge in [0.15, 0.2) is 5.78 Å². The molecule has 0 aliphatic heterocycles. The number of hydrogen-bond acceptors (Lipinski definition) is 3. The molecule has 0 aliphatic carbocycles. The molecule has 0 radical (unpaired) electrons. The second kappa shape index (κ2) is 5.18. The first-order valence-electron chi connectivity index (χ1n) is 6.12. The fourth-order valence-corrected chi connectivity index (χ4v) is 1.92. The molecule has 4 nitrogen and oxygen atoms in total. The number of aromatic nitrogens is 2. The number of nitrogens with zero attached hydrogens (tertiary/aromatic N) is 2. The molecule has 2 rings (SSSR count). The van der Waals surface area contributed by atoms with Gasteiger partial charge in [0, 0.05) is 11.6 Å². The number of carbonyl (C=O) groups is 1. The molecule has 0 unspecified atom stereocenters. The first-order chi connectivity index (χ1) is 8.97. The molecule has 0 aliphatic rings. The third-order valence-corrected chi connectivity index (χ3v) is 2.99. The molecule has 1 aromatic carbocycles. The predicted octanol–water partition coefficient (Wildman–Crippen LogP) is 2.05. The fourth-order valence-electron chi connectivity index (χ4n) is 1.92. The van der Waals surface area contributed by atoms with Gasteiger partial charge in [-0.25, -0.2) is 4.68 Å². The third-order valence-electron chi connectivity index (χ3n) is 2.99. The maximum absolute atomic E-state index is 12.3. The normalized spacial score (nSPS) is 10.5. The Hall–Kier alpha value is -2.23. The van der Waals surface area contributed by atoms with Crippen LogP contribution in [0.1, 0.15) is 27.2 Å². The van der Waals surface area contributed by atoms with Crippen LogP contribution in [0.15, 0.2) is 35.1 Å². The molecular formula is C15H16N2O2. The summed E-state index contributed by atoms with van der Waals surface area (Å²) in [7, 11) is 0. The number of benzene rings is 1. The van der Waals surface area contributed by atoms with E-state index >= 15 is 0 Å². The molecule has 1 aromatic heterocycles. The van der Waals surface area contributed by atoms with Crippen LogP contribution in [0.5, 0.6) is 0 Å². The molecule has 0 saturated carbocycles. The van der Waals surface area contributed by atoms with Crippen molar-refractivity contribution in [3.8, 4) is 0 Å². The van der Waals surface area contributed by atoms with Gasteiger partial charge in [0.2, 0.25) is 0 Å². The average Bonchev–Trinajstić information content (AvgIpc) is 2.36. The number of Topliss-reactive ketones (excluding diaryl/α,β-unsaturated/α-hetero) is 1. The Labute approximate surface area is 111 Å². The fraction of sp³-hybridized carbons (Fsp3) is 0.267. The van der Waals surface area contributed by atoms with Crippen LogP contribution in [-0.4, -0.2) is 15.6 Å². The summed E-state index contributed by atoms with van der Waals surface area (Å²) in [6, 6.07) is 8.79. The highest BCUT2D eigenvalue weighted by atomic mass is 16.1. The molecule has 98 valence electrons. The highest BCUT2D eigenvalue weighted by Crippen LogP contribution is 2.11. The summed E-state index contributed by atoms with van der Waals surface area (Å²) >= 11 is 0. The van der Waals surface area contributed by atoms with Gasteiger partial charge in [-0.2, -0.15) is 5.10 Å². The van der Waals surface area contributed by atoms with E-state index in [4.69, 9.17) is 0 Å². The summed E-state index contributed by atoms with van der Waals surface area (Å²) < 4.78 is 1.21. The minimum atomic E-state index is -0.260. The molecule has 0 bridgehead atoms. The zero-order valence-electron chi connectivity index (χ0n) is 11.3. The quantitative estimate of drug-likeness (QED) is 0.790. The monoisotopic (exact) mass is 256 g/mol. The van der Waals surface area contributed by atoms with Crippen molar-refractivity contribution in [1.29, 1.82) is 0 Å². The molecular weight excluding hydrogens is 240 g/mol. The van der Waals surface area contributed by atoms with Gasteiger partial charge in [-0.1, -0.05) is 17.7 Å². The van der Waals surface area contributed by atoms with Crippen LogP contribution in [-0.2, 0) is 6.54 Å². The topological polar surface area (TPSA) is 52.0 Å². The Morgan fingerprint density at radius 3 is 2.63 bits per heavy atom. The van der Waals surface area contributed by atoms with Crippen LogP contribution >= 0.6 is 0 Å². The van der Waals surface area contributed by atoms with E-state index in [1.54, 1.807) is 13.0 Å². The molecule has 1 heterocycles. The Morgan fingerprint density at radius 1 is 1.16 bits per heavy atom. The van der Waals surface area contributed by atoms with Crippen LogP contribution in [0.25, 0.3) is 0 Å². The minimum Gasteiger partial charge on any atom is -0.292 e. The molecule has 2 aromatic rings. The summed E-state index contributed by atoms with van der Waals surface area (Å²) in [5, 5.41) is 4.07. The lowest BCUT2D eigenvalue weighted by Gasteiger charge is -2.08. The van der Waals surface area contributed by atoms with Gasteiger partial charge in [-0.05, 0) is 38.5 Å². The first-order valence-corrected chi connectivity index (χ1v) is 6.12. The van der Waals surface area contributed by atoms with Crippen molar-refractivity contribution in [2.24, 2.45) is 0 Å². The van der Waals surface area contributed by atoms with Gasteiger partial charge in [0.1, 0.15) is 6.54 Å². The summed E-state index contributed by atoms with van der Waals surface area (Å²) in [4.78, 5) is 23.9. The van der Waals surface area contributed by atoms with Crippen molar-refractivity contribution in [2.75, 3.05) is 0 Å². The van der Waals surface area contributed by atoms with Gasteiger partial charge in [-0.3, -0.25) is 9.59 Å². The Bertz CT molecular complexity index is 687. The molecule has 0 amide bonds. The molecule has 0 N–H and O–H groups in total. The molecule has 0 atom stereocenters. The van der Waals surface area contributed by atoms with Crippen LogP contribution in [0.3, 0.4) is 0 Å². The number of rotatable bonds is 3. The first kappa shape index (κ1) is 13.2. The van der Waals surface area contributed by atoms with Crippen molar-refractivity contribution >= 4 is 5.78 Å². The number of hydrogen-bond donors (Lipinski definition) is 0. The Morgan fingerprint density at radius 2 is 1.89 bits per heavy atom. The van der Waals surface area contributed by atoms with E-state index in [9.17, 15) is 9.59 Å². The molecule has 0 saturated heterocycles. The molecule has 0 spiro atoms. The van der Waals surface area contributed by atoms with Crippen LogP contribution in [0.4, 0.5) is 0 Å². The van der Waals surface area contributed by atoms with Gasteiger partial charge in [0.25, 0.3) is 5.56 Å².